The number of nitrogens with two attached hydrogens (primary N) is 1. The van der Waals surface area contributed by atoms with E-state index < -0.39 is 0 Å². The molecule has 5 heteroatoms. The standard InChI is InChI=1S/C13H14BrN3O/c14-11-4-3-10(9-12(11)15)13(18)16-5-8-17-6-1-2-7-17/h1-4,6-7,9H,5,8,15H2,(H,16,18). The predicted molar refractivity (Wildman–Crippen MR) is 75.3 cm³/mol. The SMILES string of the molecule is Nc1cc(C(=O)NCCn2cccc2)ccc1Br. The summed E-state index contributed by atoms with van der Waals surface area (Å²) in [6.45, 7) is 1.34. The zero-order chi connectivity index (χ0) is 13.0. The van der Waals surface area contributed by atoms with Crippen LogP contribution >= 0.6 is 15.9 Å². The number of nitrogens with zero attached hydrogens (tertiary/aromatic N) is 1. The van der Waals surface area contributed by atoms with Gasteiger partial charge in [-0.15, -0.1) is 0 Å². The number of halogens is 1. The summed E-state index contributed by atoms with van der Waals surface area (Å²) in [4.78, 5) is 11.8. The highest BCUT2D eigenvalue weighted by molar-refractivity contribution is 9.10. The van der Waals surface area contributed by atoms with Crippen LogP contribution in [0.15, 0.2) is 47.2 Å². The number of amides is 1. The molecular weight excluding hydrogens is 294 g/mol. The van der Waals surface area contributed by atoms with Crippen molar-refractivity contribution in [3.8, 4) is 0 Å². The van der Waals surface area contributed by atoms with E-state index in [1.807, 2.05) is 29.1 Å². The van der Waals surface area contributed by atoms with Crippen LogP contribution in [0.2, 0.25) is 0 Å². The topological polar surface area (TPSA) is 60.1 Å². The molecule has 0 saturated carbocycles. The predicted octanol–water partition coefficient (Wildman–Crippen LogP) is 2.26. The lowest BCUT2D eigenvalue weighted by Gasteiger charge is -2.07. The van der Waals surface area contributed by atoms with Crippen LogP contribution in [0.3, 0.4) is 0 Å². The second-order valence-electron chi connectivity index (χ2n) is 3.91. The molecule has 4 nitrogen and oxygen atoms in total. The van der Waals surface area contributed by atoms with Gasteiger partial charge >= 0.3 is 0 Å². The van der Waals surface area contributed by atoms with E-state index in [1.54, 1.807) is 18.2 Å². The number of nitrogens with one attached hydrogen (secondary N) is 1. The molecule has 0 fully saturated rings. The molecule has 0 bridgehead atoms. The zero-order valence-electron chi connectivity index (χ0n) is 9.77. The van der Waals surface area contributed by atoms with E-state index >= 15 is 0 Å². The number of nitrogen functional groups attached to an aromatic ring is 1. The van der Waals surface area contributed by atoms with Gasteiger partial charge in [0.2, 0.25) is 0 Å². The highest BCUT2D eigenvalue weighted by atomic mass is 79.9. The van der Waals surface area contributed by atoms with Gasteiger partial charge in [-0.05, 0) is 46.3 Å². The lowest BCUT2D eigenvalue weighted by Crippen LogP contribution is -2.27. The van der Waals surface area contributed by atoms with Crippen LogP contribution in [0.25, 0.3) is 0 Å². The average Bonchev–Trinajstić information content (AvgIpc) is 2.85. The average molecular weight is 308 g/mol. The number of hydrogen-bond acceptors (Lipinski definition) is 2. The molecule has 18 heavy (non-hydrogen) atoms. The Bertz CT molecular complexity index is 537. The van der Waals surface area contributed by atoms with Crippen molar-refractivity contribution in [1.82, 2.24) is 9.88 Å². The van der Waals surface area contributed by atoms with Crippen LogP contribution in [-0.2, 0) is 6.54 Å². The first-order chi connectivity index (χ1) is 8.66. The van der Waals surface area contributed by atoms with E-state index in [-0.39, 0.29) is 5.91 Å². The highest BCUT2D eigenvalue weighted by Crippen LogP contribution is 2.19. The Morgan fingerprint density at radius 3 is 2.72 bits per heavy atom. The molecule has 0 unspecified atom stereocenters. The lowest BCUT2D eigenvalue weighted by molar-refractivity contribution is 0.0952. The van der Waals surface area contributed by atoms with Crippen molar-refractivity contribution in [2.45, 2.75) is 6.54 Å². The van der Waals surface area contributed by atoms with Gasteiger partial charge in [0.05, 0.1) is 0 Å². The van der Waals surface area contributed by atoms with Gasteiger partial charge < -0.3 is 15.6 Å². The van der Waals surface area contributed by atoms with Crippen molar-refractivity contribution in [3.63, 3.8) is 0 Å². The zero-order valence-corrected chi connectivity index (χ0v) is 11.4. The third-order valence-corrected chi connectivity index (χ3v) is 3.30. The van der Waals surface area contributed by atoms with Crippen LogP contribution in [0.5, 0.6) is 0 Å². The van der Waals surface area contributed by atoms with Gasteiger partial charge in [0.15, 0.2) is 0 Å². The molecule has 94 valence electrons. The maximum Gasteiger partial charge on any atom is 0.251 e. The summed E-state index contributed by atoms with van der Waals surface area (Å²) < 4.78 is 2.81. The maximum atomic E-state index is 11.8. The molecule has 1 aromatic heterocycles. The summed E-state index contributed by atoms with van der Waals surface area (Å²) in [5.74, 6) is -0.110. The number of aromatic nitrogens is 1. The molecule has 1 amide bonds. The summed E-state index contributed by atoms with van der Waals surface area (Å²) in [5.41, 5.74) is 6.87. The lowest BCUT2D eigenvalue weighted by atomic mass is 10.2. The molecule has 0 spiro atoms. The first-order valence-corrected chi connectivity index (χ1v) is 6.40. The van der Waals surface area contributed by atoms with Crippen molar-refractivity contribution < 1.29 is 4.79 Å². The number of anilines is 1. The van der Waals surface area contributed by atoms with Crippen LogP contribution in [0.4, 0.5) is 5.69 Å². The molecule has 0 aliphatic carbocycles. The normalized spacial score (nSPS) is 10.3. The van der Waals surface area contributed by atoms with E-state index in [2.05, 4.69) is 21.2 Å². The van der Waals surface area contributed by atoms with Crippen molar-refractivity contribution in [3.05, 3.63) is 52.8 Å². The fourth-order valence-corrected chi connectivity index (χ4v) is 1.85. The van der Waals surface area contributed by atoms with Crippen molar-refractivity contribution >= 4 is 27.5 Å². The largest absolute Gasteiger partial charge is 0.398 e. The summed E-state index contributed by atoms with van der Waals surface area (Å²) in [6, 6.07) is 9.09. The third kappa shape index (κ3) is 3.13. The molecule has 0 aliphatic heterocycles. The summed E-state index contributed by atoms with van der Waals surface area (Å²) in [6.07, 6.45) is 3.92. The highest BCUT2D eigenvalue weighted by Gasteiger charge is 2.06. The molecule has 2 rings (SSSR count). The Balaban J connectivity index is 1.89. The molecule has 1 aromatic carbocycles. The molecule has 2 aromatic rings. The summed E-state index contributed by atoms with van der Waals surface area (Å²) >= 11 is 3.30. The van der Waals surface area contributed by atoms with E-state index in [1.165, 1.54) is 0 Å². The van der Waals surface area contributed by atoms with Gasteiger partial charge in [-0.25, -0.2) is 0 Å². The first kappa shape index (κ1) is 12.7. The molecule has 0 radical (unpaired) electrons. The van der Waals surface area contributed by atoms with Gasteiger partial charge in [0.1, 0.15) is 0 Å². The minimum atomic E-state index is -0.110. The Kier molecular flexibility index (Phi) is 4.04. The molecule has 3 N–H and O–H groups in total. The van der Waals surface area contributed by atoms with Crippen LogP contribution in [-0.4, -0.2) is 17.0 Å². The van der Waals surface area contributed by atoms with Crippen LogP contribution in [0.1, 0.15) is 10.4 Å². The minimum Gasteiger partial charge on any atom is -0.398 e. The quantitative estimate of drug-likeness (QED) is 0.851. The second kappa shape index (κ2) is 5.73. The number of carbonyl (C=O) groups excluding carboxylic acids is 1. The number of hydrogen-bond donors (Lipinski definition) is 2. The molecule has 0 aliphatic rings. The van der Waals surface area contributed by atoms with E-state index in [9.17, 15) is 4.79 Å². The Morgan fingerprint density at radius 1 is 1.33 bits per heavy atom. The number of carbonyl (C=O) groups is 1. The van der Waals surface area contributed by atoms with Crippen LogP contribution < -0.4 is 11.1 Å². The van der Waals surface area contributed by atoms with Gasteiger partial charge in [0.25, 0.3) is 5.91 Å². The van der Waals surface area contributed by atoms with Gasteiger partial charge in [-0.3, -0.25) is 4.79 Å². The fourth-order valence-electron chi connectivity index (χ4n) is 1.60. The fraction of sp³-hybridized carbons (Fsp3) is 0.154. The monoisotopic (exact) mass is 307 g/mol. The van der Waals surface area contributed by atoms with Crippen molar-refractivity contribution in [1.29, 1.82) is 0 Å². The van der Waals surface area contributed by atoms with E-state index in [0.717, 1.165) is 11.0 Å². The van der Waals surface area contributed by atoms with Crippen molar-refractivity contribution in [2.24, 2.45) is 0 Å². The molecule has 1 heterocycles. The van der Waals surface area contributed by atoms with Gasteiger partial charge in [0, 0.05) is 41.2 Å². The van der Waals surface area contributed by atoms with Gasteiger partial charge in [-0.2, -0.15) is 0 Å². The second-order valence-corrected chi connectivity index (χ2v) is 4.77. The Hall–Kier alpha value is -1.75. The van der Waals surface area contributed by atoms with Crippen LogP contribution in [0, 0.1) is 0 Å². The smallest absolute Gasteiger partial charge is 0.251 e. The molecular formula is C13H14BrN3O. The first-order valence-electron chi connectivity index (χ1n) is 5.61. The molecule has 0 saturated heterocycles. The summed E-state index contributed by atoms with van der Waals surface area (Å²) in [7, 11) is 0. The van der Waals surface area contributed by atoms with E-state index in [4.69, 9.17) is 5.73 Å². The maximum absolute atomic E-state index is 11.8. The number of rotatable bonds is 4. The Labute approximate surface area is 114 Å². The third-order valence-electron chi connectivity index (χ3n) is 2.58. The van der Waals surface area contributed by atoms with Crippen molar-refractivity contribution in [2.75, 3.05) is 12.3 Å². The summed E-state index contributed by atoms with van der Waals surface area (Å²) in [5, 5.41) is 2.85. The molecule has 0 atom stereocenters. The Morgan fingerprint density at radius 2 is 2.06 bits per heavy atom. The van der Waals surface area contributed by atoms with E-state index in [0.29, 0.717) is 17.8 Å². The van der Waals surface area contributed by atoms with Gasteiger partial charge in [-0.1, -0.05) is 0 Å². The number of benzene rings is 1. The minimum absolute atomic E-state index is 0.110.